The van der Waals surface area contributed by atoms with E-state index in [1.807, 2.05) is 0 Å². The van der Waals surface area contributed by atoms with Crippen LogP contribution in [0.5, 0.6) is 11.5 Å². The summed E-state index contributed by atoms with van der Waals surface area (Å²) in [6, 6.07) is -5.00. The lowest BCUT2D eigenvalue weighted by Gasteiger charge is -2.31. The van der Waals surface area contributed by atoms with E-state index in [0.717, 1.165) is 0 Å². The predicted molar refractivity (Wildman–Crippen MR) is 371 cm³/mol. The zero-order chi connectivity index (χ0) is 75.4. The van der Waals surface area contributed by atoms with Gasteiger partial charge in [0.2, 0.25) is 70.9 Å². The number of carboxylic acids is 2. The van der Waals surface area contributed by atoms with Crippen molar-refractivity contribution in [3.8, 4) is 11.5 Å². The molecule has 3 rings (SSSR count). The van der Waals surface area contributed by atoms with Crippen LogP contribution in [-0.4, -0.2) is 216 Å². The van der Waals surface area contributed by atoms with Gasteiger partial charge in [-0.3, -0.25) is 62.3 Å². The molecular weight excluding hydrogens is 1340 g/mol. The molecule has 0 bridgehead atoms. The number of carboxylic acid groups (broad SMARTS) is 2. The zero-order valence-electron chi connectivity index (χ0n) is 58.0. The number of hydrogen-bond donors (Lipinski definition) is 19. The molecule has 13 atom stereocenters. The van der Waals surface area contributed by atoms with Crippen LogP contribution in [0.1, 0.15) is 125 Å². The van der Waals surface area contributed by atoms with Crippen LogP contribution >= 0.6 is 25.3 Å². The van der Waals surface area contributed by atoms with Gasteiger partial charge in [-0.05, 0) is 111 Å². The number of nitrogens with one attached hydrogen (secondary N) is 11. The number of aliphatic hydroxyl groups is 1. The third-order valence-corrected chi connectivity index (χ3v) is 16.7. The molecule has 32 nitrogen and oxygen atoms in total. The molecule has 1 heterocycles. The highest BCUT2D eigenvalue weighted by molar-refractivity contribution is 7.80. The van der Waals surface area contributed by atoms with Crippen LogP contribution < -0.4 is 64.2 Å². The number of likely N-dealkylation sites (tertiary alicyclic amines) is 1. The van der Waals surface area contributed by atoms with Gasteiger partial charge in [-0.25, -0.2) is 4.79 Å². The monoisotopic (exact) mass is 1440 g/mol. The first-order valence-electron chi connectivity index (χ1n) is 33.1. The summed E-state index contributed by atoms with van der Waals surface area (Å²) in [7, 11) is 0. The van der Waals surface area contributed by atoms with Crippen LogP contribution in [0.4, 0.5) is 0 Å². The standard InChI is InChI=1S/C66H101N13O19S2/c1-32(2)24-44(72-55(86)36(9)69-64(95)54(37(10)80)78-61(92)46(26-34(5)6)74-59(90)45(25-33(3)4)73-58(89)43(21-22-52(84)85)71-56(87)42(67)30-99)57(88)68-29-51(83)70-48(28-39-15-19-41(82)20-16-39)65(96)79-23-11-12-50(79)62(93)77-53(35(7)8)63(94)75-47(27-38-13-17-40(81)18-14-38)60(91)76-49(31-100)66(97)98/h13-20,32-37,42-50,53-54,80-82,99-100H,11-12,21-31,67H2,1-10H3,(H,68,88)(H,69,95)(H,70,83)(H,71,87)(H,72,86)(H,73,89)(H,74,90)(H,75,94)(H,76,91)(H,77,93)(H,78,92)(H,84,85)(H,97,98)/t36-,37+,42-,43-,44-,45-,46-,47-,48-,49-,50-,53-,54-/m0/s1. The quantitative estimate of drug-likeness (QED) is 0.0326. The number of carbonyl (C=O) groups excluding carboxylic acids is 12. The van der Waals surface area contributed by atoms with E-state index >= 15 is 0 Å². The number of amides is 12. The second-order valence-corrected chi connectivity index (χ2v) is 27.2. The van der Waals surface area contributed by atoms with E-state index < -0.39 is 180 Å². The fourth-order valence-corrected chi connectivity index (χ4v) is 11.0. The number of nitrogens with zero attached hydrogens (tertiary/aromatic N) is 1. The molecule has 100 heavy (non-hydrogen) atoms. The maximum atomic E-state index is 14.7. The SMILES string of the molecule is CC(C)C[C@H](NC(=O)[C@H](C)NC(=O)[C@@H](NC(=O)[C@H](CC(C)C)NC(=O)[C@H](CC(C)C)NC(=O)[C@H](CCC(=O)O)NC(=O)[C@@H](N)CS)[C@@H](C)O)C(=O)NCC(=O)N[C@@H](Cc1ccc(O)cc1)C(=O)N1CCC[C@H]1C(=O)N[C@H](C(=O)N[C@@H](Cc1ccc(O)cc1)C(=O)N[C@@H](CS)C(=O)O)C(C)C. The van der Waals surface area contributed by atoms with Crippen molar-refractivity contribution in [2.75, 3.05) is 24.6 Å². The fourth-order valence-electron chi connectivity index (χ4n) is 10.6. The number of carbonyl (C=O) groups is 14. The molecule has 1 saturated heterocycles. The molecule has 2 aromatic carbocycles. The highest BCUT2D eigenvalue weighted by Crippen LogP contribution is 2.22. The molecule has 12 amide bonds. The Bertz CT molecular complexity index is 3160. The van der Waals surface area contributed by atoms with Crippen LogP contribution in [0.15, 0.2) is 48.5 Å². The molecule has 1 aliphatic heterocycles. The lowest BCUT2D eigenvalue weighted by Crippen LogP contribution is -2.61. The van der Waals surface area contributed by atoms with Crippen molar-refractivity contribution >= 4 is 108 Å². The molecule has 2 aromatic rings. The van der Waals surface area contributed by atoms with Gasteiger partial charge in [-0.2, -0.15) is 25.3 Å². The minimum Gasteiger partial charge on any atom is -0.508 e. The van der Waals surface area contributed by atoms with Gasteiger partial charge in [0.05, 0.1) is 18.7 Å². The lowest BCUT2D eigenvalue weighted by molar-refractivity contribution is -0.142. The van der Waals surface area contributed by atoms with E-state index in [2.05, 4.69) is 83.7 Å². The Morgan fingerprint density at radius 1 is 0.500 bits per heavy atom. The zero-order valence-corrected chi connectivity index (χ0v) is 59.8. The predicted octanol–water partition coefficient (Wildman–Crippen LogP) is -1.83. The van der Waals surface area contributed by atoms with Gasteiger partial charge in [0.25, 0.3) is 0 Å². The molecule has 0 unspecified atom stereocenters. The van der Waals surface area contributed by atoms with E-state index in [-0.39, 0.29) is 92.2 Å². The summed E-state index contributed by atoms with van der Waals surface area (Å²) in [4.78, 5) is 191. The normalized spacial score (nSPS) is 16.5. The van der Waals surface area contributed by atoms with Crippen LogP contribution in [0.2, 0.25) is 0 Å². The second-order valence-electron chi connectivity index (χ2n) is 26.5. The summed E-state index contributed by atoms with van der Waals surface area (Å²) in [5.74, 6) is -14.9. The largest absolute Gasteiger partial charge is 0.508 e. The average Bonchev–Trinajstić information content (AvgIpc) is 1.60. The molecule has 0 radical (unpaired) electrons. The summed E-state index contributed by atoms with van der Waals surface area (Å²) in [6.07, 6.45) is -2.39. The number of aromatic hydroxyl groups is 2. The van der Waals surface area contributed by atoms with Crippen LogP contribution in [-0.2, 0) is 80.0 Å². The highest BCUT2D eigenvalue weighted by atomic mass is 32.1. The molecule has 1 fully saturated rings. The summed E-state index contributed by atoms with van der Waals surface area (Å²) >= 11 is 8.01. The Balaban J connectivity index is 1.78. The second kappa shape index (κ2) is 41.7. The minimum absolute atomic E-state index is 0.00289. The lowest BCUT2D eigenvalue weighted by atomic mass is 9.99. The fraction of sp³-hybridized carbons (Fsp3) is 0.606. The smallest absolute Gasteiger partial charge is 0.327 e. The molecule has 18 N–H and O–H groups in total. The third-order valence-electron chi connectivity index (χ3n) is 16.0. The molecule has 34 heteroatoms. The van der Waals surface area contributed by atoms with Gasteiger partial charge >= 0.3 is 11.9 Å². The molecule has 0 aromatic heterocycles. The summed E-state index contributed by atoms with van der Waals surface area (Å²) < 4.78 is 0. The molecule has 1 aliphatic rings. The number of phenolic OH excluding ortho intramolecular Hbond substituents is 2. The Labute approximate surface area is 592 Å². The van der Waals surface area contributed by atoms with E-state index in [1.54, 1.807) is 55.4 Å². The molecule has 0 aliphatic carbocycles. The van der Waals surface area contributed by atoms with Crippen molar-refractivity contribution in [2.24, 2.45) is 29.4 Å². The average molecular weight is 1440 g/mol. The van der Waals surface area contributed by atoms with Crippen LogP contribution in [0.3, 0.4) is 0 Å². The van der Waals surface area contributed by atoms with Crippen molar-refractivity contribution in [1.29, 1.82) is 0 Å². The van der Waals surface area contributed by atoms with E-state index in [4.69, 9.17) is 5.73 Å². The van der Waals surface area contributed by atoms with E-state index in [9.17, 15) is 92.7 Å². The summed E-state index contributed by atoms with van der Waals surface area (Å²) in [6.45, 7) is 15.4. The number of thiol groups is 2. The van der Waals surface area contributed by atoms with Crippen molar-refractivity contribution in [1.82, 2.24) is 63.4 Å². The molecular formula is C66H101N13O19S2. The third kappa shape index (κ3) is 28.8. The number of rotatable bonds is 41. The maximum Gasteiger partial charge on any atom is 0.327 e. The Kier molecular flexibility index (Phi) is 35.7. The number of aliphatic hydroxyl groups excluding tert-OH is 1. The maximum absolute atomic E-state index is 14.7. The number of phenols is 2. The number of benzene rings is 2. The summed E-state index contributed by atoms with van der Waals surface area (Å²) in [5.41, 5.74) is 6.72. The van der Waals surface area contributed by atoms with Crippen molar-refractivity contribution in [3.05, 3.63) is 59.7 Å². The first kappa shape index (κ1) is 85.5. The van der Waals surface area contributed by atoms with Crippen LogP contribution in [0.25, 0.3) is 0 Å². The highest BCUT2D eigenvalue weighted by Gasteiger charge is 2.41. The molecule has 0 spiro atoms. The first-order chi connectivity index (χ1) is 46.8. The van der Waals surface area contributed by atoms with Gasteiger partial charge in [0.1, 0.15) is 78.0 Å². The Hall–Kier alpha value is -8.76. The molecule has 556 valence electrons. The Morgan fingerprint density at radius 2 is 0.940 bits per heavy atom. The first-order valence-corrected chi connectivity index (χ1v) is 34.4. The van der Waals surface area contributed by atoms with Gasteiger partial charge in [0.15, 0.2) is 0 Å². The number of nitrogens with two attached hydrogens (primary N) is 1. The Morgan fingerprint density at radius 3 is 1.41 bits per heavy atom. The molecule has 0 saturated carbocycles. The van der Waals surface area contributed by atoms with Gasteiger partial charge < -0.3 is 94.7 Å². The van der Waals surface area contributed by atoms with Gasteiger partial charge in [-0.1, -0.05) is 79.7 Å². The van der Waals surface area contributed by atoms with E-state index in [0.29, 0.717) is 17.5 Å². The number of aliphatic carboxylic acids is 2. The van der Waals surface area contributed by atoms with Gasteiger partial charge in [0, 0.05) is 37.3 Å². The van der Waals surface area contributed by atoms with Crippen LogP contribution in [0, 0.1) is 23.7 Å². The number of hydrogen-bond acceptors (Lipinski definition) is 20. The summed E-state index contributed by atoms with van der Waals surface area (Å²) in [5, 5.41) is 77.4. The van der Waals surface area contributed by atoms with Crippen molar-refractivity contribution < 1.29 is 92.7 Å². The van der Waals surface area contributed by atoms with Crippen molar-refractivity contribution in [3.63, 3.8) is 0 Å². The van der Waals surface area contributed by atoms with Crippen molar-refractivity contribution in [2.45, 2.75) is 206 Å². The minimum atomic E-state index is -1.74. The van der Waals surface area contributed by atoms with Gasteiger partial charge in [-0.15, -0.1) is 0 Å². The van der Waals surface area contributed by atoms with E-state index in [1.165, 1.54) is 67.3 Å². The topological polar surface area (TPSA) is 502 Å².